The van der Waals surface area contributed by atoms with Crippen LogP contribution in [-0.4, -0.2) is 35.9 Å². The fraction of sp³-hybridized carbons (Fsp3) is 0.154. The number of methoxy groups -OCH3 is 1. The number of amides is 1. The normalized spacial score (nSPS) is 11.4. The van der Waals surface area contributed by atoms with Crippen molar-refractivity contribution in [3.8, 4) is 23.0 Å². The Hall–Kier alpha value is -4.48. The van der Waals surface area contributed by atoms with Crippen LogP contribution < -0.4 is 10.9 Å². The molecule has 0 spiro atoms. The van der Waals surface area contributed by atoms with Crippen LogP contribution in [0.1, 0.15) is 12.0 Å². The lowest BCUT2D eigenvalue weighted by molar-refractivity contribution is -0.117. The van der Waals surface area contributed by atoms with Gasteiger partial charge in [0, 0.05) is 37.4 Å². The topological polar surface area (TPSA) is 110 Å². The van der Waals surface area contributed by atoms with Gasteiger partial charge >= 0.3 is 5.63 Å². The molecular formula is C26H22N4O4. The van der Waals surface area contributed by atoms with E-state index in [1.54, 1.807) is 36.2 Å². The highest BCUT2D eigenvalue weighted by Crippen LogP contribution is 2.26. The van der Waals surface area contributed by atoms with E-state index in [-0.39, 0.29) is 11.1 Å². The summed E-state index contributed by atoms with van der Waals surface area (Å²) in [5.74, 6) is -0.512. The molecule has 0 atom stereocenters. The highest BCUT2D eigenvalue weighted by molar-refractivity contribution is 6.02. The predicted molar refractivity (Wildman–Crippen MR) is 128 cm³/mol. The van der Waals surface area contributed by atoms with Crippen molar-refractivity contribution in [3.05, 3.63) is 88.4 Å². The maximum absolute atomic E-state index is 12.8. The van der Waals surface area contributed by atoms with Gasteiger partial charge in [-0.3, -0.25) is 4.79 Å². The van der Waals surface area contributed by atoms with Gasteiger partial charge in [0.05, 0.1) is 11.3 Å². The minimum atomic E-state index is -0.561. The van der Waals surface area contributed by atoms with Crippen LogP contribution in [0.15, 0.2) is 81.6 Å². The molecule has 2 aromatic carbocycles. The van der Waals surface area contributed by atoms with E-state index in [9.17, 15) is 14.9 Å². The van der Waals surface area contributed by atoms with Crippen LogP contribution in [0.2, 0.25) is 0 Å². The third-order valence-corrected chi connectivity index (χ3v) is 5.14. The molecule has 0 radical (unpaired) electrons. The quantitative estimate of drug-likeness (QED) is 0.188. The number of rotatable bonds is 8. The molecule has 2 heterocycles. The number of ether oxygens (including phenoxy) is 1. The molecule has 4 aromatic rings. The standard InChI is InChI=1S/C26H22N4O4/c1-33-13-7-12-28-25(31)19(16-27)14-20-17-30(21-9-3-2-4-10-21)29-24(20)22-15-18-8-5-6-11-23(18)34-26(22)32/h2-6,8-11,14-15,17H,7,12-13H2,1H3,(H,28,31). The van der Waals surface area contributed by atoms with Crippen molar-refractivity contribution in [3.63, 3.8) is 0 Å². The number of benzene rings is 2. The molecule has 0 aliphatic carbocycles. The number of nitrogens with zero attached hydrogens (tertiary/aromatic N) is 3. The summed E-state index contributed by atoms with van der Waals surface area (Å²) < 4.78 is 12.1. The van der Waals surface area contributed by atoms with Gasteiger partial charge in [0.1, 0.15) is 22.9 Å². The van der Waals surface area contributed by atoms with Crippen LogP contribution in [0.4, 0.5) is 0 Å². The van der Waals surface area contributed by atoms with Crippen molar-refractivity contribution in [2.24, 2.45) is 0 Å². The van der Waals surface area contributed by atoms with Gasteiger partial charge < -0.3 is 14.5 Å². The molecule has 1 amide bonds. The van der Waals surface area contributed by atoms with E-state index in [4.69, 9.17) is 9.15 Å². The first-order valence-corrected chi connectivity index (χ1v) is 10.7. The molecule has 0 saturated heterocycles. The highest BCUT2D eigenvalue weighted by atomic mass is 16.5. The molecule has 170 valence electrons. The second-order valence-corrected chi connectivity index (χ2v) is 7.47. The van der Waals surface area contributed by atoms with Crippen LogP contribution in [0.25, 0.3) is 34.0 Å². The Morgan fingerprint density at radius 3 is 2.74 bits per heavy atom. The maximum atomic E-state index is 12.8. The molecule has 8 heteroatoms. The number of carbonyl (C=O) groups excluding carboxylic acids is 1. The molecule has 1 N–H and O–H groups in total. The Bertz CT molecular complexity index is 1450. The van der Waals surface area contributed by atoms with Gasteiger partial charge in [-0.25, -0.2) is 9.48 Å². The summed E-state index contributed by atoms with van der Waals surface area (Å²) in [5.41, 5.74) is 1.54. The van der Waals surface area contributed by atoms with Gasteiger partial charge in [0.25, 0.3) is 5.91 Å². The number of nitrogens with one attached hydrogen (secondary N) is 1. The minimum absolute atomic E-state index is 0.101. The summed E-state index contributed by atoms with van der Waals surface area (Å²) in [6.07, 6.45) is 3.73. The van der Waals surface area contributed by atoms with E-state index in [0.717, 1.165) is 11.1 Å². The summed E-state index contributed by atoms with van der Waals surface area (Å²) in [5, 5.41) is 17.7. The molecule has 0 unspecified atom stereocenters. The molecular weight excluding hydrogens is 432 g/mol. The zero-order valence-electron chi connectivity index (χ0n) is 18.5. The number of fused-ring (bicyclic) bond motifs is 1. The predicted octanol–water partition coefficient (Wildman–Crippen LogP) is 3.71. The van der Waals surface area contributed by atoms with Crippen LogP contribution in [-0.2, 0) is 9.53 Å². The lowest BCUT2D eigenvalue weighted by Gasteiger charge is -2.04. The van der Waals surface area contributed by atoms with Crippen molar-refractivity contribution in [1.82, 2.24) is 15.1 Å². The summed E-state index contributed by atoms with van der Waals surface area (Å²) in [4.78, 5) is 25.4. The largest absolute Gasteiger partial charge is 0.422 e. The Balaban J connectivity index is 1.80. The number of aromatic nitrogens is 2. The average molecular weight is 454 g/mol. The molecule has 2 aromatic heterocycles. The summed E-state index contributed by atoms with van der Waals surface area (Å²) in [6, 6.07) is 20.2. The third kappa shape index (κ3) is 4.95. The van der Waals surface area contributed by atoms with Gasteiger partial charge in [0.2, 0.25) is 0 Å². The summed E-state index contributed by atoms with van der Waals surface area (Å²) in [7, 11) is 1.58. The Labute approximate surface area is 195 Å². The lowest BCUT2D eigenvalue weighted by atomic mass is 10.1. The Kier molecular flexibility index (Phi) is 6.96. The van der Waals surface area contributed by atoms with Gasteiger partial charge in [-0.2, -0.15) is 10.4 Å². The molecule has 0 bridgehead atoms. The maximum Gasteiger partial charge on any atom is 0.345 e. The zero-order valence-corrected chi connectivity index (χ0v) is 18.5. The fourth-order valence-electron chi connectivity index (χ4n) is 3.46. The second kappa shape index (κ2) is 10.4. The monoisotopic (exact) mass is 454 g/mol. The van der Waals surface area contributed by atoms with E-state index in [1.165, 1.54) is 6.08 Å². The number of hydrogen-bond acceptors (Lipinski definition) is 6. The van der Waals surface area contributed by atoms with Crippen LogP contribution in [0, 0.1) is 11.3 Å². The van der Waals surface area contributed by atoms with E-state index in [0.29, 0.717) is 36.4 Å². The number of hydrogen-bond donors (Lipinski definition) is 1. The third-order valence-electron chi connectivity index (χ3n) is 5.14. The number of nitriles is 1. The SMILES string of the molecule is COCCCNC(=O)C(C#N)=Cc1cn(-c2ccccc2)nc1-c1cc2ccccc2oc1=O. The van der Waals surface area contributed by atoms with Gasteiger partial charge in [-0.05, 0) is 36.8 Å². The fourth-order valence-corrected chi connectivity index (χ4v) is 3.46. The van der Waals surface area contributed by atoms with Gasteiger partial charge in [-0.15, -0.1) is 0 Å². The van der Waals surface area contributed by atoms with E-state index < -0.39 is 11.5 Å². The summed E-state index contributed by atoms with van der Waals surface area (Å²) >= 11 is 0. The first-order valence-electron chi connectivity index (χ1n) is 10.7. The first kappa shape index (κ1) is 22.7. The molecule has 8 nitrogen and oxygen atoms in total. The molecule has 4 rings (SSSR count). The number of carbonyl (C=O) groups is 1. The molecule has 34 heavy (non-hydrogen) atoms. The van der Waals surface area contributed by atoms with Crippen molar-refractivity contribution in [2.45, 2.75) is 6.42 Å². The Morgan fingerprint density at radius 1 is 1.21 bits per heavy atom. The van der Waals surface area contributed by atoms with Crippen molar-refractivity contribution in [1.29, 1.82) is 5.26 Å². The zero-order chi connectivity index (χ0) is 23.9. The van der Waals surface area contributed by atoms with Crippen molar-refractivity contribution < 1.29 is 13.9 Å². The van der Waals surface area contributed by atoms with E-state index in [1.807, 2.05) is 48.5 Å². The lowest BCUT2D eigenvalue weighted by Crippen LogP contribution is -2.26. The van der Waals surface area contributed by atoms with Crippen LogP contribution >= 0.6 is 0 Å². The van der Waals surface area contributed by atoms with E-state index in [2.05, 4.69) is 10.4 Å². The van der Waals surface area contributed by atoms with Crippen molar-refractivity contribution in [2.75, 3.05) is 20.3 Å². The van der Waals surface area contributed by atoms with Crippen LogP contribution in [0.3, 0.4) is 0 Å². The molecule has 0 aliphatic heterocycles. The Morgan fingerprint density at radius 2 is 1.97 bits per heavy atom. The molecule has 0 fully saturated rings. The number of para-hydroxylation sites is 2. The van der Waals surface area contributed by atoms with Crippen molar-refractivity contribution >= 4 is 23.0 Å². The first-order chi connectivity index (χ1) is 16.6. The summed E-state index contributed by atoms with van der Waals surface area (Å²) in [6.45, 7) is 0.869. The van der Waals surface area contributed by atoms with Crippen LogP contribution in [0.5, 0.6) is 0 Å². The van der Waals surface area contributed by atoms with Gasteiger partial charge in [-0.1, -0.05) is 36.4 Å². The minimum Gasteiger partial charge on any atom is -0.422 e. The van der Waals surface area contributed by atoms with E-state index >= 15 is 0 Å². The molecule has 0 saturated carbocycles. The highest BCUT2D eigenvalue weighted by Gasteiger charge is 2.18. The second-order valence-electron chi connectivity index (χ2n) is 7.47. The van der Waals surface area contributed by atoms with Gasteiger partial charge in [0.15, 0.2) is 0 Å². The average Bonchev–Trinajstić information content (AvgIpc) is 3.28. The smallest absolute Gasteiger partial charge is 0.345 e. The molecule has 0 aliphatic rings.